The summed E-state index contributed by atoms with van der Waals surface area (Å²) >= 11 is 0. The molecule has 0 bridgehead atoms. The maximum absolute atomic E-state index is 10.7. The van der Waals surface area contributed by atoms with Crippen LogP contribution in [0.25, 0.3) is 0 Å². The van der Waals surface area contributed by atoms with Gasteiger partial charge in [-0.3, -0.25) is 15.1 Å². The lowest BCUT2D eigenvalue weighted by Crippen LogP contribution is -2.47. The molecule has 2 rings (SSSR count). The van der Waals surface area contributed by atoms with Gasteiger partial charge in [-0.05, 0) is 44.1 Å². The highest BCUT2D eigenvalue weighted by atomic mass is 127. The number of nitrogens with one attached hydrogen (secondary N) is 1. The van der Waals surface area contributed by atoms with E-state index >= 15 is 0 Å². The van der Waals surface area contributed by atoms with Gasteiger partial charge in [0.2, 0.25) is 0 Å². The molecule has 1 aromatic carbocycles. The zero-order valence-electron chi connectivity index (χ0n) is 18.0. The Kier molecular flexibility index (Phi) is 13.6. The number of aryl methyl sites for hydroxylation is 1. The van der Waals surface area contributed by atoms with Crippen LogP contribution in [0.4, 0.5) is 5.69 Å². The van der Waals surface area contributed by atoms with Gasteiger partial charge in [-0.15, -0.1) is 24.0 Å². The molecule has 0 aromatic heterocycles. The molecule has 1 saturated heterocycles. The van der Waals surface area contributed by atoms with Crippen molar-refractivity contribution < 1.29 is 14.4 Å². The highest BCUT2D eigenvalue weighted by molar-refractivity contribution is 14.0. The van der Waals surface area contributed by atoms with Crippen LogP contribution in [0.15, 0.2) is 29.3 Å². The molecule has 1 fully saturated rings. The number of halogens is 1. The zero-order chi connectivity index (χ0) is 20.9. The molecule has 1 N–H and O–H groups in total. The number of piperidine rings is 1. The van der Waals surface area contributed by atoms with Crippen molar-refractivity contribution in [1.29, 1.82) is 0 Å². The van der Waals surface area contributed by atoms with Crippen LogP contribution in [0.1, 0.15) is 37.7 Å². The lowest BCUT2D eigenvalue weighted by Gasteiger charge is -2.34. The van der Waals surface area contributed by atoms with Crippen LogP contribution in [-0.2, 0) is 15.9 Å². The number of nitro groups is 1. The van der Waals surface area contributed by atoms with Crippen molar-refractivity contribution in [3.63, 3.8) is 0 Å². The number of likely N-dealkylation sites (tertiary alicyclic amines) is 1. The number of non-ortho nitro benzene ring substituents is 1. The first-order valence-corrected chi connectivity index (χ1v) is 10.4. The topological polar surface area (TPSA) is 89.2 Å². The number of nitro benzene ring substituents is 1. The van der Waals surface area contributed by atoms with Gasteiger partial charge in [-0.25, -0.2) is 0 Å². The minimum absolute atomic E-state index is 0. The molecule has 0 amide bonds. The Morgan fingerprint density at radius 2 is 1.90 bits per heavy atom. The standard InChI is InChI=1S/C21H34N4O4.HI/c1-22-21(24-14-11-20(12-15-24)29-17-5-16-28-2)23-13-4-3-6-18-7-9-19(10-8-18)25(26)27;/h7-10,20H,3-6,11-17H2,1-2H3,(H,22,23);1H. The molecule has 0 unspecified atom stereocenters. The summed E-state index contributed by atoms with van der Waals surface area (Å²) in [6.07, 6.45) is 6.29. The van der Waals surface area contributed by atoms with Gasteiger partial charge in [0.05, 0.1) is 11.0 Å². The summed E-state index contributed by atoms with van der Waals surface area (Å²) in [5, 5.41) is 14.1. The fourth-order valence-electron chi connectivity index (χ4n) is 3.46. The third-order valence-electron chi connectivity index (χ3n) is 5.12. The molecule has 0 spiro atoms. The number of ether oxygens (including phenoxy) is 2. The second-order valence-electron chi connectivity index (χ2n) is 7.26. The van der Waals surface area contributed by atoms with E-state index in [9.17, 15) is 10.1 Å². The Morgan fingerprint density at radius 3 is 2.50 bits per heavy atom. The number of aliphatic imine (C=N–C) groups is 1. The van der Waals surface area contributed by atoms with Crippen molar-refractivity contribution in [2.75, 3.05) is 47.0 Å². The monoisotopic (exact) mass is 534 g/mol. The molecule has 8 nitrogen and oxygen atoms in total. The number of unbranched alkanes of at least 4 members (excludes halogenated alkanes) is 1. The third-order valence-corrected chi connectivity index (χ3v) is 5.12. The molecule has 1 heterocycles. The van der Waals surface area contributed by atoms with E-state index in [1.54, 1.807) is 19.2 Å². The predicted octanol–water partition coefficient (Wildman–Crippen LogP) is 3.63. The quantitative estimate of drug-likeness (QED) is 0.117. The van der Waals surface area contributed by atoms with Crippen molar-refractivity contribution in [3.05, 3.63) is 39.9 Å². The van der Waals surface area contributed by atoms with Crippen molar-refractivity contribution in [2.45, 2.75) is 44.6 Å². The lowest BCUT2D eigenvalue weighted by atomic mass is 10.1. The molecule has 0 saturated carbocycles. The molecule has 1 aromatic rings. The number of guanidine groups is 1. The Balaban J connectivity index is 0.00000450. The van der Waals surface area contributed by atoms with Crippen LogP contribution in [0.3, 0.4) is 0 Å². The molecular formula is C21H35IN4O4. The van der Waals surface area contributed by atoms with E-state index in [2.05, 4.69) is 15.2 Å². The summed E-state index contributed by atoms with van der Waals surface area (Å²) in [5.74, 6) is 0.957. The highest BCUT2D eigenvalue weighted by Gasteiger charge is 2.21. The Labute approximate surface area is 196 Å². The fourth-order valence-corrected chi connectivity index (χ4v) is 3.46. The van der Waals surface area contributed by atoms with E-state index in [0.29, 0.717) is 6.10 Å². The summed E-state index contributed by atoms with van der Waals surface area (Å²) in [4.78, 5) is 17.0. The molecule has 1 aliphatic rings. The summed E-state index contributed by atoms with van der Waals surface area (Å²) in [5.41, 5.74) is 1.27. The maximum Gasteiger partial charge on any atom is 0.269 e. The minimum atomic E-state index is -0.365. The smallest absolute Gasteiger partial charge is 0.269 e. The lowest BCUT2D eigenvalue weighted by molar-refractivity contribution is -0.384. The van der Waals surface area contributed by atoms with E-state index < -0.39 is 0 Å². The molecule has 0 atom stereocenters. The fraction of sp³-hybridized carbons (Fsp3) is 0.667. The van der Waals surface area contributed by atoms with Gasteiger partial charge in [-0.2, -0.15) is 0 Å². The van der Waals surface area contributed by atoms with Crippen molar-refractivity contribution in [2.24, 2.45) is 4.99 Å². The number of rotatable bonds is 11. The second-order valence-corrected chi connectivity index (χ2v) is 7.26. The van der Waals surface area contributed by atoms with Crippen LogP contribution in [0, 0.1) is 10.1 Å². The van der Waals surface area contributed by atoms with Crippen molar-refractivity contribution >= 4 is 35.6 Å². The van der Waals surface area contributed by atoms with E-state index in [1.165, 1.54) is 0 Å². The first-order valence-electron chi connectivity index (χ1n) is 10.4. The number of methoxy groups -OCH3 is 1. The second kappa shape index (κ2) is 15.4. The summed E-state index contributed by atoms with van der Waals surface area (Å²) in [6, 6.07) is 6.82. The SMILES string of the molecule is CN=C(NCCCCc1ccc([N+](=O)[O-])cc1)N1CCC(OCCCOC)CC1.I. The molecule has 170 valence electrons. The Morgan fingerprint density at radius 1 is 1.20 bits per heavy atom. The van der Waals surface area contributed by atoms with Gasteiger partial charge in [0.25, 0.3) is 5.69 Å². The number of benzene rings is 1. The number of hydrogen-bond acceptors (Lipinski definition) is 5. The number of hydrogen-bond donors (Lipinski definition) is 1. The zero-order valence-corrected chi connectivity index (χ0v) is 20.4. The first kappa shape index (κ1) is 26.6. The Hall–Kier alpha value is -1.46. The van der Waals surface area contributed by atoms with Crippen molar-refractivity contribution in [1.82, 2.24) is 10.2 Å². The van der Waals surface area contributed by atoms with E-state index in [1.807, 2.05) is 19.2 Å². The summed E-state index contributed by atoms with van der Waals surface area (Å²) in [7, 11) is 3.54. The largest absolute Gasteiger partial charge is 0.385 e. The van der Waals surface area contributed by atoms with E-state index in [0.717, 1.165) is 82.9 Å². The van der Waals surface area contributed by atoms with Crippen LogP contribution in [0.5, 0.6) is 0 Å². The Bertz CT molecular complexity index is 634. The van der Waals surface area contributed by atoms with Crippen LogP contribution in [0.2, 0.25) is 0 Å². The van der Waals surface area contributed by atoms with Gasteiger partial charge in [0.1, 0.15) is 0 Å². The first-order chi connectivity index (χ1) is 14.1. The van der Waals surface area contributed by atoms with Gasteiger partial charge >= 0.3 is 0 Å². The van der Waals surface area contributed by atoms with E-state index in [4.69, 9.17) is 9.47 Å². The molecule has 0 aliphatic carbocycles. The van der Waals surface area contributed by atoms with Gasteiger partial charge in [0.15, 0.2) is 5.96 Å². The maximum atomic E-state index is 10.7. The molecule has 0 radical (unpaired) electrons. The molecule has 9 heteroatoms. The summed E-state index contributed by atoms with van der Waals surface area (Å²) < 4.78 is 11.0. The van der Waals surface area contributed by atoms with Crippen LogP contribution >= 0.6 is 24.0 Å². The molecular weight excluding hydrogens is 499 g/mol. The van der Waals surface area contributed by atoms with Crippen molar-refractivity contribution in [3.8, 4) is 0 Å². The molecule has 1 aliphatic heterocycles. The van der Waals surface area contributed by atoms with Crippen LogP contribution < -0.4 is 5.32 Å². The molecule has 30 heavy (non-hydrogen) atoms. The highest BCUT2D eigenvalue weighted by Crippen LogP contribution is 2.15. The van der Waals surface area contributed by atoms with E-state index in [-0.39, 0.29) is 34.6 Å². The van der Waals surface area contributed by atoms with Crippen LogP contribution in [-0.4, -0.2) is 68.9 Å². The third kappa shape index (κ3) is 9.57. The van der Waals surface area contributed by atoms with Gasteiger partial charge < -0.3 is 19.7 Å². The predicted molar refractivity (Wildman–Crippen MR) is 130 cm³/mol. The summed E-state index contributed by atoms with van der Waals surface area (Å²) in [6.45, 7) is 4.29. The average Bonchev–Trinajstić information content (AvgIpc) is 2.75. The van der Waals surface area contributed by atoms with Gasteiger partial charge in [0, 0.05) is 59.1 Å². The normalized spacial score (nSPS) is 15.0. The average molecular weight is 534 g/mol. The van der Waals surface area contributed by atoms with Gasteiger partial charge in [-0.1, -0.05) is 12.1 Å². The number of nitrogens with zero attached hydrogens (tertiary/aromatic N) is 3. The minimum Gasteiger partial charge on any atom is -0.385 e.